The molecule has 1 atom stereocenters. The van der Waals surface area contributed by atoms with E-state index in [1.807, 2.05) is 30.3 Å². The quantitative estimate of drug-likeness (QED) is 0.868. The second-order valence-electron chi connectivity index (χ2n) is 5.30. The van der Waals surface area contributed by atoms with Crippen LogP contribution in [0.2, 0.25) is 0 Å². The van der Waals surface area contributed by atoms with Gasteiger partial charge >= 0.3 is 12.0 Å². The highest BCUT2D eigenvalue weighted by Gasteiger charge is 2.32. The van der Waals surface area contributed by atoms with Crippen LogP contribution in [0, 0.1) is 0 Å². The van der Waals surface area contributed by atoms with Crippen molar-refractivity contribution in [3.05, 3.63) is 48.4 Å². The fourth-order valence-corrected chi connectivity index (χ4v) is 2.48. The molecule has 1 aromatic heterocycles. The fourth-order valence-electron chi connectivity index (χ4n) is 2.48. The molecular formula is C17H16N2O5. The third-order valence-corrected chi connectivity index (χ3v) is 3.69. The average molecular weight is 328 g/mol. The zero-order valence-corrected chi connectivity index (χ0v) is 13.0. The number of imide groups is 1. The van der Waals surface area contributed by atoms with Gasteiger partial charge in [0.1, 0.15) is 0 Å². The normalized spacial score (nSPS) is 15.0. The highest BCUT2D eigenvalue weighted by atomic mass is 16.6. The van der Waals surface area contributed by atoms with Crippen LogP contribution in [0.4, 0.5) is 4.79 Å². The molecule has 2 heterocycles. The number of benzene rings is 1. The van der Waals surface area contributed by atoms with Crippen LogP contribution in [0.5, 0.6) is 0 Å². The van der Waals surface area contributed by atoms with E-state index < -0.39 is 24.0 Å². The lowest BCUT2D eigenvalue weighted by Gasteiger charge is -2.17. The Morgan fingerprint density at radius 1 is 1.25 bits per heavy atom. The van der Waals surface area contributed by atoms with E-state index in [0.29, 0.717) is 12.1 Å². The summed E-state index contributed by atoms with van der Waals surface area (Å²) in [6, 6.07) is 10.4. The van der Waals surface area contributed by atoms with Gasteiger partial charge in [0.2, 0.25) is 5.76 Å². The fraction of sp³-hybridized carbons (Fsp3) is 0.235. The van der Waals surface area contributed by atoms with Crippen molar-refractivity contribution < 1.29 is 23.5 Å². The van der Waals surface area contributed by atoms with Gasteiger partial charge in [0.25, 0.3) is 5.91 Å². The first-order chi connectivity index (χ1) is 11.6. The van der Waals surface area contributed by atoms with E-state index in [1.165, 1.54) is 13.2 Å². The molecular weight excluding hydrogens is 312 g/mol. The minimum Gasteiger partial charge on any atom is -0.457 e. The molecule has 3 amide bonds. The first kappa shape index (κ1) is 15.8. The molecule has 1 fully saturated rings. The minimum absolute atomic E-state index is 0.0201. The predicted molar refractivity (Wildman–Crippen MR) is 84.1 cm³/mol. The van der Waals surface area contributed by atoms with E-state index in [2.05, 4.69) is 5.32 Å². The maximum atomic E-state index is 12.3. The number of nitrogens with one attached hydrogen (secondary N) is 1. The topological polar surface area (TPSA) is 88.8 Å². The van der Waals surface area contributed by atoms with Crippen molar-refractivity contribution >= 4 is 17.9 Å². The largest absolute Gasteiger partial charge is 0.457 e. The predicted octanol–water partition coefficient (Wildman–Crippen LogP) is 2.04. The highest BCUT2D eigenvalue weighted by Crippen LogP contribution is 2.25. The summed E-state index contributed by atoms with van der Waals surface area (Å²) in [5, 5.41) is 2.52. The van der Waals surface area contributed by atoms with Crippen LogP contribution in [0.1, 0.15) is 17.5 Å². The van der Waals surface area contributed by atoms with E-state index in [-0.39, 0.29) is 12.3 Å². The van der Waals surface area contributed by atoms with Gasteiger partial charge in [-0.2, -0.15) is 0 Å². The molecule has 0 saturated carbocycles. The third-order valence-electron chi connectivity index (χ3n) is 3.69. The van der Waals surface area contributed by atoms with Crippen LogP contribution in [0.15, 0.2) is 47.1 Å². The summed E-state index contributed by atoms with van der Waals surface area (Å²) in [5.74, 6) is -1.29. The van der Waals surface area contributed by atoms with Gasteiger partial charge < -0.3 is 14.5 Å². The number of hydrogen-bond donors (Lipinski definition) is 1. The van der Waals surface area contributed by atoms with Crippen molar-refractivity contribution in [2.45, 2.75) is 13.0 Å². The zero-order valence-electron chi connectivity index (χ0n) is 13.0. The van der Waals surface area contributed by atoms with E-state index in [1.54, 1.807) is 6.07 Å². The van der Waals surface area contributed by atoms with Gasteiger partial charge in [-0.15, -0.1) is 0 Å². The molecule has 7 heteroatoms. The summed E-state index contributed by atoms with van der Waals surface area (Å²) < 4.78 is 10.4. The van der Waals surface area contributed by atoms with Crippen molar-refractivity contribution in [2.75, 3.05) is 13.1 Å². The summed E-state index contributed by atoms with van der Waals surface area (Å²) in [5.41, 5.74) is 1.38. The van der Waals surface area contributed by atoms with Crippen LogP contribution in [0.25, 0.3) is 11.1 Å². The molecule has 2 aromatic rings. The molecule has 1 saturated heterocycles. The molecule has 0 radical (unpaired) electrons. The van der Waals surface area contributed by atoms with E-state index in [9.17, 15) is 14.4 Å². The number of nitrogens with zero attached hydrogens (tertiary/aromatic N) is 1. The Labute approximate surface area is 138 Å². The second-order valence-corrected chi connectivity index (χ2v) is 5.30. The summed E-state index contributed by atoms with van der Waals surface area (Å²) in [4.78, 5) is 37.0. The lowest BCUT2D eigenvalue weighted by atomic mass is 10.1. The minimum atomic E-state index is -1.09. The molecule has 1 aliphatic heterocycles. The highest BCUT2D eigenvalue weighted by molar-refractivity contribution is 6.00. The smallest absolute Gasteiger partial charge is 0.375 e. The van der Waals surface area contributed by atoms with Gasteiger partial charge in [0, 0.05) is 18.7 Å². The Hall–Kier alpha value is -3.09. The van der Waals surface area contributed by atoms with Crippen LogP contribution in [-0.2, 0) is 9.53 Å². The lowest BCUT2D eigenvalue weighted by Crippen LogP contribution is -2.41. The molecule has 124 valence electrons. The first-order valence-electron chi connectivity index (χ1n) is 7.51. The third kappa shape index (κ3) is 3.01. The summed E-state index contributed by atoms with van der Waals surface area (Å²) in [7, 11) is 0. The van der Waals surface area contributed by atoms with Crippen molar-refractivity contribution in [2.24, 2.45) is 0 Å². The van der Waals surface area contributed by atoms with Gasteiger partial charge in [-0.1, -0.05) is 30.3 Å². The van der Waals surface area contributed by atoms with Crippen LogP contribution in [-0.4, -0.2) is 42.0 Å². The van der Waals surface area contributed by atoms with Gasteiger partial charge in [-0.05, 0) is 18.6 Å². The number of urea groups is 1. The zero-order chi connectivity index (χ0) is 17.1. The van der Waals surface area contributed by atoms with E-state index >= 15 is 0 Å². The number of hydrogen-bond acceptors (Lipinski definition) is 5. The molecule has 1 aliphatic rings. The number of carbonyl (C=O) groups excluding carboxylic acids is 3. The number of rotatable bonds is 4. The Balaban J connectivity index is 1.73. The summed E-state index contributed by atoms with van der Waals surface area (Å²) in [6.45, 7) is 2.08. The monoisotopic (exact) mass is 328 g/mol. The van der Waals surface area contributed by atoms with Gasteiger partial charge in [0.15, 0.2) is 6.10 Å². The van der Waals surface area contributed by atoms with E-state index in [4.69, 9.17) is 9.15 Å². The number of furan rings is 1. The molecule has 0 unspecified atom stereocenters. The molecule has 0 spiro atoms. The number of carbonyl (C=O) groups is 3. The van der Waals surface area contributed by atoms with Crippen LogP contribution in [0.3, 0.4) is 0 Å². The van der Waals surface area contributed by atoms with Crippen LogP contribution < -0.4 is 5.32 Å². The lowest BCUT2D eigenvalue weighted by molar-refractivity contribution is -0.136. The molecule has 7 nitrogen and oxygen atoms in total. The van der Waals surface area contributed by atoms with Gasteiger partial charge in [0.05, 0.1) is 6.26 Å². The Morgan fingerprint density at radius 2 is 2.00 bits per heavy atom. The molecule has 0 aliphatic carbocycles. The molecule has 1 N–H and O–H groups in total. The summed E-state index contributed by atoms with van der Waals surface area (Å²) >= 11 is 0. The molecule has 0 bridgehead atoms. The molecule has 24 heavy (non-hydrogen) atoms. The number of amides is 3. The van der Waals surface area contributed by atoms with Crippen molar-refractivity contribution in [1.82, 2.24) is 10.2 Å². The average Bonchev–Trinajstić information content (AvgIpc) is 3.23. The number of ether oxygens (including phenoxy) is 1. The molecule has 1 aromatic carbocycles. The van der Waals surface area contributed by atoms with Gasteiger partial charge in [-0.3, -0.25) is 9.69 Å². The SMILES string of the molecule is C[C@H](OC(=O)c1occc1-c1ccccc1)C(=O)N1CCNC1=O. The Kier molecular flexibility index (Phi) is 4.33. The van der Waals surface area contributed by atoms with Crippen LogP contribution >= 0.6 is 0 Å². The maximum absolute atomic E-state index is 12.3. The van der Waals surface area contributed by atoms with Gasteiger partial charge in [-0.25, -0.2) is 9.59 Å². The molecule has 3 rings (SSSR count). The first-order valence-corrected chi connectivity index (χ1v) is 7.51. The standard InChI is InChI=1S/C17H16N2O5/c1-11(15(20)19-9-8-18-17(19)22)24-16(21)14-13(7-10-23-14)12-5-3-2-4-6-12/h2-7,10-11H,8-9H2,1H3,(H,18,22)/t11-/m0/s1. The Bertz CT molecular complexity index is 768. The van der Waals surface area contributed by atoms with E-state index in [0.717, 1.165) is 10.5 Å². The summed E-state index contributed by atoms with van der Waals surface area (Å²) in [6.07, 6.45) is 0.300. The maximum Gasteiger partial charge on any atom is 0.375 e. The van der Waals surface area contributed by atoms with Crippen molar-refractivity contribution in [3.63, 3.8) is 0 Å². The Morgan fingerprint density at radius 3 is 2.67 bits per heavy atom. The van der Waals surface area contributed by atoms with Crippen molar-refractivity contribution in [1.29, 1.82) is 0 Å². The number of esters is 1. The second kappa shape index (κ2) is 6.57. The van der Waals surface area contributed by atoms with Crippen molar-refractivity contribution in [3.8, 4) is 11.1 Å².